The van der Waals surface area contributed by atoms with Crippen LogP contribution in [0.3, 0.4) is 0 Å². The molecule has 27 heavy (non-hydrogen) atoms. The van der Waals surface area contributed by atoms with Crippen molar-refractivity contribution in [3.8, 4) is 5.69 Å². The third-order valence-electron chi connectivity index (χ3n) is 3.60. The van der Waals surface area contributed by atoms with Crippen LogP contribution < -0.4 is 4.72 Å². The molecular formula is C18H16ClN3O4S. The summed E-state index contributed by atoms with van der Waals surface area (Å²) in [4.78, 5) is 12.2. The van der Waals surface area contributed by atoms with Gasteiger partial charge in [0.05, 0.1) is 23.4 Å². The number of hydrogen-bond acceptors (Lipinski definition) is 5. The first kappa shape index (κ1) is 18.9. The average molecular weight is 406 g/mol. The van der Waals surface area contributed by atoms with E-state index >= 15 is 0 Å². The molecular weight excluding hydrogens is 390 g/mol. The lowest BCUT2D eigenvalue weighted by molar-refractivity contribution is 0.0527. The van der Waals surface area contributed by atoms with Crippen LogP contribution in [0, 0.1) is 0 Å². The summed E-state index contributed by atoms with van der Waals surface area (Å²) in [5, 5.41) is 4.43. The summed E-state index contributed by atoms with van der Waals surface area (Å²) in [7, 11) is -4.01. The van der Waals surface area contributed by atoms with Gasteiger partial charge in [-0.25, -0.2) is 17.9 Å². The van der Waals surface area contributed by atoms with Gasteiger partial charge in [-0.2, -0.15) is 5.10 Å². The zero-order valence-corrected chi connectivity index (χ0v) is 15.9. The fourth-order valence-electron chi connectivity index (χ4n) is 2.39. The van der Waals surface area contributed by atoms with Crippen molar-refractivity contribution in [1.29, 1.82) is 0 Å². The number of benzene rings is 2. The van der Waals surface area contributed by atoms with Crippen molar-refractivity contribution >= 4 is 33.4 Å². The molecule has 0 spiro atoms. The number of nitrogens with one attached hydrogen (secondary N) is 1. The second-order valence-corrected chi connectivity index (χ2v) is 7.56. The maximum atomic E-state index is 12.8. The molecule has 0 saturated heterocycles. The van der Waals surface area contributed by atoms with Crippen LogP contribution in [0.5, 0.6) is 0 Å². The Morgan fingerprint density at radius 3 is 2.59 bits per heavy atom. The number of aromatic nitrogens is 2. The molecule has 1 heterocycles. The molecule has 3 aromatic rings. The van der Waals surface area contributed by atoms with Gasteiger partial charge < -0.3 is 4.74 Å². The molecule has 9 heteroatoms. The Balaban J connectivity index is 2.09. The summed E-state index contributed by atoms with van der Waals surface area (Å²) < 4.78 is 34.4. The monoisotopic (exact) mass is 405 g/mol. The van der Waals surface area contributed by atoms with Crippen LogP contribution in [0.1, 0.15) is 17.3 Å². The number of anilines is 1. The van der Waals surface area contributed by atoms with Crippen LogP contribution in [0.2, 0.25) is 5.02 Å². The number of carbonyl (C=O) groups excluding carboxylic acids is 1. The maximum absolute atomic E-state index is 12.8. The lowest BCUT2D eigenvalue weighted by atomic mass is 10.3. The highest BCUT2D eigenvalue weighted by Gasteiger charge is 2.25. The van der Waals surface area contributed by atoms with Gasteiger partial charge >= 0.3 is 5.97 Å². The van der Waals surface area contributed by atoms with Gasteiger partial charge in [-0.15, -0.1) is 0 Å². The lowest BCUT2D eigenvalue weighted by Crippen LogP contribution is -2.18. The molecule has 0 amide bonds. The van der Waals surface area contributed by atoms with Gasteiger partial charge in [-0.05, 0) is 37.3 Å². The highest BCUT2D eigenvalue weighted by Crippen LogP contribution is 2.25. The minimum atomic E-state index is -4.01. The number of nitrogens with zero attached hydrogens (tertiary/aromatic N) is 2. The first-order valence-corrected chi connectivity index (χ1v) is 9.87. The van der Waals surface area contributed by atoms with E-state index in [4.69, 9.17) is 16.3 Å². The van der Waals surface area contributed by atoms with E-state index in [-0.39, 0.29) is 27.9 Å². The van der Waals surface area contributed by atoms with Gasteiger partial charge in [-0.3, -0.25) is 4.72 Å². The minimum Gasteiger partial charge on any atom is -0.462 e. The fourth-order valence-corrected chi connectivity index (χ4v) is 3.75. The third-order valence-corrected chi connectivity index (χ3v) is 5.17. The van der Waals surface area contributed by atoms with E-state index in [9.17, 15) is 13.2 Å². The molecule has 1 N–H and O–H groups in total. The molecule has 0 bridgehead atoms. The summed E-state index contributed by atoms with van der Waals surface area (Å²) in [5.41, 5.74) is 0.586. The van der Waals surface area contributed by atoms with Gasteiger partial charge in [0.25, 0.3) is 10.0 Å². The Hall–Kier alpha value is -2.84. The average Bonchev–Trinajstić information content (AvgIpc) is 3.05. The summed E-state index contributed by atoms with van der Waals surface area (Å²) in [5.74, 6) is -0.692. The molecule has 0 radical (unpaired) electrons. The molecule has 140 valence electrons. The van der Waals surface area contributed by atoms with Crippen molar-refractivity contribution in [2.24, 2.45) is 0 Å². The number of ether oxygens (including phenoxy) is 1. The molecule has 3 rings (SSSR count). The second kappa shape index (κ2) is 7.81. The number of para-hydroxylation sites is 1. The molecule has 0 aliphatic rings. The zero-order chi connectivity index (χ0) is 19.4. The van der Waals surface area contributed by atoms with E-state index in [1.165, 1.54) is 29.1 Å². The first-order valence-electron chi connectivity index (χ1n) is 8.01. The summed E-state index contributed by atoms with van der Waals surface area (Å²) in [6, 6.07) is 14.6. The molecule has 0 unspecified atom stereocenters. The highest BCUT2D eigenvalue weighted by molar-refractivity contribution is 7.92. The summed E-state index contributed by atoms with van der Waals surface area (Å²) >= 11 is 5.90. The van der Waals surface area contributed by atoms with Crippen molar-refractivity contribution in [2.75, 3.05) is 11.3 Å². The van der Waals surface area contributed by atoms with Crippen LogP contribution in [0.25, 0.3) is 5.69 Å². The number of carbonyl (C=O) groups is 1. The summed E-state index contributed by atoms with van der Waals surface area (Å²) in [6.07, 6.45) is 1.26. The molecule has 1 aromatic heterocycles. The number of rotatable bonds is 6. The maximum Gasteiger partial charge on any atom is 0.343 e. The van der Waals surface area contributed by atoms with E-state index in [0.29, 0.717) is 5.69 Å². The standard InChI is InChI=1S/C18H16ClN3O4S/c1-2-26-18(23)16-12-20-22(14-8-4-3-5-9-14)17(16)21-27(24,25)15-10-6-7-13(19)11-15/h3-12,21H,2H2,1H3. The molecule has 0 saturated carbocycles. The van der Waals surface area contributed by atoms with E-state index < -0.39 is 16.0 Å². The van der Waals surface area contributed by atoms with E-state index in [2.05, 4.69) is 9.82 Å². The Bertz CT molecular complexity index is 1070. The smallest absolute Gasteiger partial charge is 0.343 e. The normalized spacial score (nSPS) is 11.2. The van der Waals surface area contributed by atoms with Crippen LogP contribution in [-0.4, -0.2) is 30.8 Å². The van der Waals surface area contributed by atoms with Gasteiger partial charge in [0.15, 0.2) is 5.82 Å². The second-order valence-electron chi connectivity index (χ2n) is 5.44. The van der Waals surface area contributed by atoms with Gasteiger partial charge in [0.1, 0.15) is 5.56 Å². The largest absolute Gasteiger partial charge is 0.462 e. The van der Waals surface area contributed by atoms with Crippen molar-refractivity contribution < 1.29 is 17.9 Å². The van der Waals surface area contributed by atoms with Crippen LogP contribution in [0.4, 0.5) is 5.82 Å². The molecule has 2 aromatic carbocycles. The Morgan fingerprint density at radius 1 is 1.19 bits per heavy atom. The molecule has 0 fully saturated rings. The number of sulfonamides is 1. The topological polar surface area (TPSA) is 90.3 Å². The number of esters is 1. The number of hydrogen-bond donors (Lipinski definition) is 1. The SMILES string of the molecule is CCOC(=O)c1cnn(-c2ccccc2)c1NS(=O)(=O)c1cccc(Cl)c1. The van der Waals surface area contributed by atoms with Gasteiger partial charge in [0.2, 0.25) is 0 Å². The zero-order valence-electron chi connectivity index (χ0n) is 14.3. The van der Waals surface area contributed by atoms with Crippen molar-refractivity contribution in [1.82, 2.24) is 9.78 Å². The van der Waals surface area contributed by atoms with Crippen molar-refractivity contribution in [3.05, 3.63) is 71.4 Å². The van der Waals surface area contributed by atoms with E-state index in [1.807, 2.05) is 6.07 Å². The molecule has 0 aliphatic carbocycles. The van der Waals surface area contributed by atoms with E-state index in [1.54, 1.807) is 37.3 Å². The molecule has 7 nitrogen and oxygen atoms in total. The van der Waals surface area contributed by atoms with Gasteiger partial charge in [-0.1, -0.05) is 35.9 Å². The summed E-state index contributed by atoms with van der Waals surface area (Å²) in [6.45, 7) is 1.81. The lowest BCUT2D eigenvalue weighted by Gasteiger charge is -2.12. The first-order chi connectivity index (χ1) is 12.9. The quantitative estimate of drug-likeness (QED) is 0.634. The minimum absolute atomic E-state index is 0.00584. The Kier molecular flexibility index (Phi) is 5.48. The highest BCUT2D eigenvalue weighted by atomic mass is 35.5. The van der Waals surface area contributed by atoms with Crippen LogP contribution >= 0.6 is 11.6 Å². The van der Waals surface area contributed by atoms with E-state index in [0.717, 1.165) is 0 Å². The molecule has 0 aliphatic heterocycles. The number of halogens is 1. The fraction of sp³-hybridized carbons (Fsp3) is 0.111. The predicted molar refractivity (Wildman–Crippen MR) is 102 cm³/mol. The van der Waals surface area contributed by atoms with Gasteiger partial charge in [0, 0.05) is 5.02 Å². The predicted octanol–water partition coefficient (Wildman–Crippen LogP) is 3.50. The van der Waals surface area contributed by atoms with Crippen LogP contribution in [-0.2, 0) is 14.8 Å². The van der Waals surface area contributed by atoms with Crippen molar-refractivity contribution in [3.63, 3.8) is 0 Å². The van der Waals surface area contributed by atoms with Crippen LogP contribution in [0.15, 0.2) is 65.7 Å². The van der Waals surface area contributed by atoms with Crippen molar-refractivity contribution in [2.45, 2.75) is 11.8 Å². The third kappa shape index (κ3) is 4.12. The molecule has 0 atom stereocenters. The Morgan fingerprint density at radius 2 is 1.93 bits per heavy atom. The Labute approximate surface area is 161 Å².